The van der Waals surface area contributed by atoms with Crippen LogP contribution in [0.15, 0.2) is 174 Å². The van der Waals surface area contributed by atoms with Crippen LogP contribution < -0.4 is 10.6 Å². The average molecular weight is 1660 g/mol. The first-order chi connectivity index (χ1) is 56.5. The second kappa shape index (κ2) is 33.9. The van der Waals surface area contributed by atoms with E-state index < -0.39 is 219 Å². The average Bonchev–Trinajstić information content (AvgIpc) is 0.673. The molecule has 642 valence electrons. The highest BCUT2D eigenvalue weighted by Crippen LogP contribution is 2.67. The minimum atomic E-state index is -2.39. The molecule has 9 N–H and O–H groups in total. The van der Waals surface area contributed by atoms with Crippen LogP contribution >= 0.6 is 0 Å². The van der Waals surface area contributed by atoms with E-state index in [1.165, 1.54) is 52.0 Å². The lowest BCUT2D eigenvalue weighted by Gasteiger charge is -2.67. The quantitative estimate of drug-likeness (QED) is 0.0218. The maximum atomic E-state index is 15.5. The number of alkyl carbamates (subject to hydrolysis) is 1. The standard InChI is InChI=1S/C47H51NO14.C43H53NO14/c1-25-31(60-43(56)36(52)35(28-16-10-7-11-17-28)48-41(54)29-18-12-8-13-19-29)23-47(57)40(61-42(55)30-20-14-9-15-21-30)38-45(6,32(51)22-33-46(38,24-58-33)62-27(3)50)39(53)37(59-26(2)49)34(25)44(47,4)5;1-22(2)20-54-39(52)44-31(25-14-10-8-11-15-25)33(48)38(51)56-27-19-43(53)36(57-37(50)26-16-12-9-13-17-26)34-41(7,35(49)32(47)30(23(27)3)40(43,5)6)28(46)18-29-42(34,21-55-29)58-24(4)45/h7-21,31-33,35-38,40,51-52,57H,22-24H2,1-6H3,(H,48,54);8-17,22,27-29,31-34,36,46-48,53H,18-21H2,1-7H3,(H,44,52)/t31-,32-,33+,35-,36+,37+,38-,40-,45+,46-,47+;27?,28-,29+,31-,32+,33?,34-,36-,41+,42-,43+/m00/s1. The molecular weight excluding hydrogens is 1560 g/mol. The number of benzene rings is 5. The summed E-state index contributed by atoms with van der Waals surface area (Å²) in [7, 11) is 0. The molecule has 2 heterocycles. The van der Waals surface area contributed by atoms with Gasteiger partial charge in [0.2, 0.25) is 0 Å². The van der Waals surface area contributed by atoms with Crippen molar-refractivity contribution in [2.75, 3.05) is 19.8 Å². The number of carbonyl (C=O) groups excluding carboxylic acids is 11. The van der Waals surface area contributed by atoms with Crippen LogP contribution in [0.3, 0.4) is 0 Å². The van der Waals surface area contributed by atoms with Gasteiger partial charge in [-0.3, -0.25) is 28.8 Å². The van der Waals surface area contributed by atoms with Crippen LogP contribution in [0.25, 0.3) is 0 Å². The van der Waals surface area contributed by atoms with Crippen molar-refractivity contribution in [2.24, 2.45) is 39.4 Å². The number of carbonyl (C=O) groups is 11. The third-order valence-electron chi connectivity index (χ3n) is 26.2. The van der Waals surface area contributed by atoms with Crippen molar-refractivity contribution >= 4 is 65.4 Å². The van der Waals surface area contributed by atoms with Gasteiger partial charge in [0.1, 0.15) is 53.9 Å². The van der Waals surface area contributed by atoms with E-state index in [0.717, 1.165) is 20.8 Å². The van der Waals surface area contributed by atoms with Gasteiger partial charge in [-0.1, -0.05) is 157 Å². The van der Waals surface area contributed by atoms with Crippen LogP contribution in [0.4, 0.5) is 4.79 Å². The fraction of sp³-hybridized carbons (Fsp3) is 0.500. The van der Waals surface area contributed by atoms with Crippen LogP contribution in [0.1, 0.15) is 170 Å². The number of esters is 7. The van der Waals surface area contributed by atoms with Crippen LogP contribution in [0.5, 0.6) is 0 Å². The molecule has 13 rings (SSSR count). The van der Waals surface area contributed by atoms with E-state index in [0.29, 0.717) is 11.1 Å². The minimum absolute atomic E-state index is 0.000264. The number of rotatable bonds is 20. The van der Waals surface area contributed by atoms with Crippen LogP contribution in [0.2, 0.25) is 0 Å². The molecule has 4 saturated carbocycles. The number of Topliss-reactive ketones (excluding diaryl/α,β-unsaturated/α-hetero) is 2. The highest BCUT2D eigenvalue weighted by atomic mass is 16.7. The molecule has 8 aliphatic rings. The van der Waals surface area contributed by atoms with Crippen molar-refractivity contribution < 1.29 is 136 Å². The predicted molar refractivity (Wildman–Crippen MR) is 421 cm³/mol. The zero-order chi connectivity index (χ0) is 87.5. The molecule has 2 saturated heterocycles. The Hall–Kier alpha value is -10.4. The van der Waals surface area contributed by atoms with E-state index in [-0.39, 0.29) is 77.6 Å². The fourth-order valence-electron chi connectivity index (χ4n) is 19.7. The van der Waals surface area contributed by atoms with Gasteiger partial charge in [-0.25, -0.2) is 24.0 Å². The molecule has 0 radical (unpaired) electrons. The summed E-state index contributed by atoms with van der Waals surface area (Å²) in [4.78, 5) is 152. The van der Waals surface area contributed by atoms with Crippen molar-refractivity contribution in [3.8, 4) is 0 Å². The molecule has 2 amide bonds. The van der Waals surface area contributed by atoms with Gasteiger partial charge in [0.25, 0.3) is 5.91 Å². The molecule has 120 heavy (non-hydrogen) atoms. The second-order valence-electron chi connectivity index (χ2n) is 34.4. The van der Waals surface area contributed by atoms with Gasteiger partial charge in [-0.2, -0.15) is 0 Å². The number of fused-ring (bicyclic) bond motifs is 10. The molecule has 30 nitrogen and oxygen atoms in total. The van der Waals surface area contributed by atoms with E-state index in [4.69, 9.17) is 47.4 Å². The maximum Gasteiger partial charge on any atom is 0.407 e. The number of aliphatic hydroxyl groups excluding tert-OH is 5. The number of ether oxygens (including phenoxy) is 10. The molecular formula is C90H104N2O28. The van der Waals surface area contributed by atoms with Gasteiger partial charge in [0.05, 0.1) is 77.9 Å². The Morgan fingerprint density at radius 1 is 0.483 bits per heavy atom. The van der Waals surface area contributed by atoms with E-state index in [9.17, 15) is 83.7 Å². The summed E-state index contributed by atoms with van der Waals surface area (Å²) < 4.78 is 59.6. The summed E-state index contributed by atoms with van der Waals surface area (Å²) in [6.45, 7) is 18.6. The molecule has 5 aromatic rings. The van der Waals surface area contributed by atoms with Gasteiger partial charge in [-0.05, 0) is 103 Å². The number of hydrogen-bond acceptors (Lipinski definition) is 28. The summed E-state index contributed by atoms with van der Waals surface area (Å²) in [5.41, 5.74) is -14.2. The lowest BCUT2D eigenvalue weighted by Crippen LogP contribution is -2.82. The molecule has 4 bridgehead atoms. The zero-order valence-electron chi connectivity index (χ0n) is 68.9. The maximum absolute atomic E-state index is 15.5. The van der Waals surface area contributed by atoms with Gasteiger partial charge < -0.3 is 93.7 Å². The number of aliphatic hydroxyl groups is 7. The monoisotopic (exact) mass is 1660 g/mol. The first-order valence-electron chi connectivity index (χ1n) is 40.0. The summed E-state index contributed by atoms with van der Waals surface area (Å²) >= 11 is 0. The second-order valence-corrected chi connectivity index (χ2v) is 34.4. The Labute approximate surface area is 693 Å². The number of ketones is 2. The third-order valence-corrected chi connectivity index (χ3v) is 26.2. The van der Waals surface area contributed by atoms with Crippen molar-refractivity contribution in [3.05, 3.63) is 202 Å². The van der Waals surface area contributed by atoms with Crippen molar-refractivity contribution in [2.45, 2.75) is 223 Å². The van der Waals surface area contributed by atoms with E-state index in [1.807, 2.05) is 13.8 Å². The number of amides is 2. The van der Waals surface area contributed by atoms with E-state index >= 15 is 4.79 Å². The lowest BCUT2D eigenvalue weighted by atomic mass is 9.44. The van der Waals surface area contributed by atoms with Crippen molar-refractivity contribution in [3.63, 3.8) is 0 Å². The summed E-state index contributed by atoms with van der Waals surface area (Å²) in [5.74, 6) is -12.2. The van der Waals surface area contributed by atoms with Crippen molar-refractivity contribution in [1.29, 1.82) is 0 Å². The molecule has 6 aliphatic carbocycles. The van der Waals surface area contributed by atoms with Crippen LogP contribution in [-0.4, -0.2) is 217 Å². The number of nitrogens with one attached hydrogen (secondary N) is 2. The molecule has 30 heteroatoms. The summed E-state index contributed by atoms with van der Waals surface area (Å²) in [5, 5.41) is 91.8. The molecule has 0 aromatic heterocycles. The first-order valence-corrected chi connectivity index (χ1v) is 40.0. The third kappa shape index (κ3) is 15.5. The molecule has 5 aromatic carbocycles. The van der Waals surface area contributed by atoms with E-state index in [2.05, 4.69) is 10.6 Å². The van der Waals surface area contributed by atoms with Crippen LogP contribution in [0, 0.1) is 39.4 Å². The Morgan fingerprint density at radius 2 is 0.850 bits per heavy atom. The molecule has 2 unspecified atom stereocenters. The Bertz CT molecular complexity index is 4830. The largest absolute Gasteiger partial charge is 0.456 e. The summed E-state index contributed by atoms with van der Waals surface area (Å²) in [6.07, 6.45) is -21.9. The lowest BCUT2D eigenvalue weighted by molar-refractivity contribution is -0.346. The molecule has 0 spiro atoms. The normalized spacial score (nSPS) is 32.6. The zero-order valence-corrected chi connectivity index (χ0v) is 68.9. The SMILES string of the molecule is CC(=O)O[C@@]12CO[C@@H]1C[C@H](O)[C@@]1(C)C(=O)[C@H](O)C3=C(C)C(OC(=O)C(O)[C@@H](NC(=O)OCC(C)C)c4ccccc4)C[C@@](O)([C@@H](OC(=O)c4ccccc4)[C@H]21)C3(C)C.CC(=O)O[C@H]1C(=O)[C@@]2(C)[C@H]([C@H](OC(=O)c3ccccc3)[C@]3(O)C[C@H](OC(=O)[C@H](O)[C@@H](NC(=O)c4ccccc4)c4ccccc4)C(C)=C1C3(C)C)[C@]1(OC(C)=O)CO[C@@H]1C[C@@H]2O. The molecule has 22 atom stereocenters. The molecule has 6 fully saturated rings. The fourth-order valence-corrected chi connectivity index (χ4v) is 19.7. The highest BCUT2D eigenvalue weighted by Gasteiger charge is 2.81. The Kier molecular flexibility index (Phi) is 25.1. The topological polar surface area (TPSA) is 446 Å². The first kappa shape index (κ1) is 88.9. The Balaban J connectivity index is 0.000000221. The van der Waals surface area contributed by atoms with Gasteiger partial charge in [0.15, 0.2) is 41.1 Å². The van der Waals surface area contributed by atoms with Gasteiger partial charge in [0, 0.05) is 62.8 Å². The van der Waals surface area contributed by atoms with Gasteiger partial charge >= 0.3 is 47.9 Å². The summed E-state index contributed by atoms with van der Waals surface area (Å²) in [6, 6.07) is 37.6. The van der Waals surface area contributed by atoms with E-state index in [1.54, 1.807) is 155 Å². The molecule has 2 aliphatic heterocycles. The van der Waals surface area contributed by atoms with Crippen LogP contribution in [-0.2, 0) is 80.9 Å². The van der Waals surface area contributed by atoms with Gasteiger partial charge in [-0.15, -0.1) is 0 Å². The highest BCUT2D eigenvalue weighted by molar-refractivity contribution is 5.97. The minimum Gasteiger partial charge on any atom is -0.456 e. The Morgan fingerprint density at radius 3 is 1.23 bits per heavy atom. The predicted octanol–water partition coefficient (Wildman–Crippen LogP) is 6.85. The number of hydrogen-bond donors (Lipinski definition) is 9. The van der Waals surface area contributed by atoms with Crippen molar-refractivity contribution in [1.82, 2.24) is 10.6 Å². The smallest absolute Gasteiger partial charge is 0.407 e.